The van der Waals surface area contributed by atoms with Crippen LogP contribution in [0.1, 0.15) is 19.2 Å². The zero-order valence-electron chi connectivity index (χ0n) is 15.3. The highest BCUT2D eigenvalue weighted by Gasteiger charge is 2.16. The van der Waals surface area contributed by atoms with Crippen molar-refractivity contribution in [3.63, 3.8) is 0 Å². The summed E-state index contributed by atoms with van der Waals surface area (Å²) in [4.78, 5) is 15.4. The first-order valence-electron chi connectivity index (χ1n) is 8.71. The average molecular weight is 386 g/mol. The quantitative estimate of drug-likeness (QED) is 0.604. The van der Waals surface area contributed by atoms with Crippen LogP contribution < -0.4 is 10.1 Å². The van der Waals surface area contributed by atoms with Crippen molar-refractivity contribution in [3.05, 3.63) is 47.7 Å². The second-order valence-electron chi connectivity index (χ2n) is 5.94. The van der Waals surface area contributed by atoms with Crippen molar-refractivity contribution in [2.75, 3.05) is 25.5 Å². The Morgan fingerprint density at radius 3 is 2.85 bits per heavy atom. The van der Waals surface area contributed by atoms with E-state index in [0.29, 0.717) is 29.8 Å². The van der Waals surface area contributed by atoms with Gasteiger partial charge in [-0.25, -0.2) is 0 Å². The second kappa shape index (κ2) is 9.29. The van der Waals surface area contributed by atoms with Gasteiger partial charge in [-0.1, -0.05) is 25.1 Å². The van der Waals surface area contributed by atoms with E-state index in [1.807, 2.05) is 46.7 Å². The lowest BCUT2D eigenvalue weighted by Gasteiger charge is -2.19. The number of carbonyl (C=O) groups excluding carboxylic acids is 1. The molecule has 0 saturated heterocycles. The maximum atomic E-state index is 12.5. The molecule has 0 bridgehead atoms. The predicted molar refractivity (Wildman–Crippen MR) is 105 cm³/mol. The van der Waals surface area contributed by atoms with Gasteiger partial charge in [-0.15, -0.1) is 21.5 Å². The van der Waals surface area contributed by atoms with Crippen LogP contribution in [0.5, 0.6) is 5.75 Å². The third-order valence-electron chi connectivity index (χ3n) is 3.85. The minimum Gasteiger partial charge on any atom is -0.495 e. The molecule has 0 aliphatic rings. The van der Waals surface area contributed by atoms with Gasteiger partial charge in [-0.05, 0) is 36.5 Å². The maximum Gasteiger partial charge on any atom is 0.257 e. The molecular weight excluding hydrogens is 364 g/mol. The van der Waals surface area contributed by atoms with E-state index in [-0.39, 0.29) is 12.5 Å². The van der Waals surface area contributed by atoms with Crippen molar-refractivity contribution in [2.24, 2.45) is 0 Å². The summed E-state index contributed by atoms with van der Waals surface area (Å²) < 4.78 is 11.0. The fraction of sp³-hybridized carbons (Fsp3) is 0.316. The van der Waals surface area contributed by atoms with Gasteiger partial charge in [0.25, 0.3) is 5.89 Å². The smallest absolute Gasteiger partial charge is 0.257 e. The third-order valence-corrected chi connectivity index (χ3v) is 4.70. The van der Waals surface area contributed by atoms with E-state index >= 15 is 0 Å². The number of hydrogen-bond acceptors (Lipinski definition) is 7. The minimum absolute atomic E-state index is 0.119. The molecule has 0 aliphatic carbocycles. The Morgan fingerprint density at radius 1 is 1.26 bits per heavy atom. The van der Waals surface area contributed by atoms with E-state index in [1.54, 1.807) is 18.4 Å². The number of thiophene rings is 1. The molecule has 0 fully saturated rings. The van der Waals surface area contributed by atoms with Crippen molar-refractivity contribution in [1.82, 2.24) is 15.1 Å². The molecule has 0 spiro atoms. The maximum absolute atomic E-state index is 12.5. The van der Waals surface area contributed by atoms with E-state index in [2.05, 4.69) is 22.4 Å². The molecule has 0 atom stereocenters. The topological polar surface area (TPSA) is 80.5 Å². The highest BCUT2D eigenvalue weighted by atomic mass is 32.1. The van der Waals surface area contributed by atoms with E-state index < -0.39 is 0 Å². The third kappa shape index (κ3) is 5.15. The van der Waals surface area contributed by atoms with Crippen LogP contribution in [-0.2, 0) is 11.3 Å². The Balaban J connectivity index is 1.62. The number of methoxy groups -OCH3 is 1. The van der Waals surface area contributed by atoms with Gasteiger partial charge in [-0.2, -0.15) is 0 Å². The number of nitrogens with zero attached hydrogens (tertiary/aromatic N) is 3. The molecule has 0 aliphatic heterocycles. The lowest BCUT2D eigenvalue weighted by Crippen LogP contribution is -2.33. The van der Waals surface area contributed by atoms with Gasteiger partial charge >= 0.3 is 0 Å². The van der Waals surface area contributed by atoms with Crippen LogP contribution in [0.3, 0.4) is 0 Å². The van der Waals surface area contributed by atoms with Crippen molar-refractivity contribution in [3.8, 4) is 16.5 Å². The molecule has 3 aromatic rings. The Bertz CT molecular complexity index is 863. The monoisotopic (exact) mass is 386 g/mol. The number of carbonyl (C=O) groups is 1. The molecule has 0 radical (unpaired) electrons. The molecule has 2 heterocycles. The first-order valence-corrected chi connectivity index (χ1v) is 9.59. The number of aromatic nitrogens is 2. The summed E-state index contributed by atoms with van der Waals surface area (Å²) in [5.74, 6) is 1.52. The standard InChI is InChI=1S/C19H22N4O3S/c1-3-10-23(12-17(24)20-14-7-4-5-8-15(14)25-2)13-18-21-22-19(26-18)16-9-6-11-27-16/h4-9,11H,3,10,12-13H2,1-2H3,(H,20,24). The van der Waals surface area contributed by atoms with E-state index in [9.17, 15) is 4.79 Å². The summed E-state index contributed by atoms with van der Waals surface area (Å²) in [5, 5.41) is 13.1. The molecule has 1 N–H and O–H groups in total. The van der Waals surface area contributed by atoms with Gasteiger partial charge < -0.3 is 14.5 Å². The summed E-state index contributed by atoms with van der Waals surface area (Å²) in [6.07, 6.45) is 0.911. The van der Waals surface area contributed by atoms with Crippen molar-refractivity contribution in [1.29, 1.82) is 0 Å². The number of para-hydroxylation sites is 2. The van der Waals surface area contributed by atoms with Crippen LogP contribution in [0, 0.1) is 0 Å². The number of benzene rings is 1. The van der Waals surface area contributed by atoms with Gasteiger partial charge in [-0.3, -0.25) is 9.69 Å². The number of ether oxygens (including phenoxy) is 1. The molecule has 0 unspecified atom stereocenters. The van der Waals surface area contributed by atoms with E-state index in [4.69, 9.17) is 9.15 Å². The van der Waals surface area contributed by atoms with Crippen LogP contribution in [0.2, 0.25) is 0 Å². The van der Waals surface area contributed by atoms with Gasteiger partial charge in [0.1, 0.15) is 5.75 Å². The highest BCUT2D eigenvalue weighted by molar-refractivity contribution is 7.13. The Labute approximate surface area is 162 Å². The first-order chi connectivity index (χ1) is 13.2. The van der Waals surface area contributed by atoms with Crippen molar-refractivity contribution >= 4 is 22.9 Å². The van der Waals surface area contributed by atoms with Crippen molar-refractivity contribution in [2.45, 2.75) is 19.9 Å². The zero-order valence-corrected chi connectivity index (χ0v) is 16.2. The molecule has 1 aromatic carbocycles. The average Bonchev–Trinajstić information content (AvgIpc) is 3.34. The lowest BCUT2D eigenvalue weighted by molar-refractivity contribution is -0.117. The minimum atomic E-state index is -0.119. The lowest BCUT2D eigenvalue weighted by atomic mass is 10.3. The van der Waals surface area contributed by atoms with Crippen LogP contribution in [0.25, 0.3) is 10.8 Å². The summed E-state index contributed by atoms with van der Waals surface area (Å²) in [6.45, 7) is 3.46. The Hall–Kier alpha value is -2.71. The van der Waals surface area contributed by atoms with Gasteiger partial charge in [0.2, 0.25) is 11.8 Å². The fourth-order valence-corrected chi connectivity index (χ4v) is 3.32. The predicted octanol–water partition coefficient (Wildman–Crippen LogP) is 3.66. The Morgan fingerprint density at radius 2 is 2.11 bits per heavy atom. The number of anilines is 1. The number of rotatable bonds is 9. The van der Waals surface area contributed by atoms with Crippen LogP contribution >= 0.6 is 11.3 Å². The number of nitrogens with one attached hydrogen (secondary N) is 1. The van der Waals surface area contributed by atoms with Crippen molar-refractivity contribution < 1.29 is 13.9 Å². The molecule has 1 amide bonds. The molecule has 142 valence electrons. The number of hydrogen-bond donors (Lipinski definition) is 1. The number of amides is 1. The SMILES string of the molecule is CCCN(CC(=O)Nc1ccccc1OC)Cc1nnc(-c2cccs2)o1. The van der Waals surface area contributed by atoms with Gasteiger partial charge in [0.05, 0.1) is 30.8 Å². The molecule has 27 heavy (non-hydrogen) atoms. The molecule has 7 nitrogen and oxygen atoms in total. The molecule has 2 aromatic heterocycles. The fourth-order valence-electron chi connectivity index (χ4n) is 2.68. The zero-order chi connectivity index (χ0) is 19.1. The van der Waals surface area contributed by atoms with Gasteiger partial charge in [0, 0.05) is 0 Å². The van der Waals surface area contributed by atoms with E-state index in [0.717, 1.165) is 17.8 Å². The van der Waals surface area contributed by atoms with Crippen LogP contribution in [0.15, 0.2) is 46.2 Å². The largest absolute Gasteiger partial charge is 0.495 e. The van der Waals surface area contributed by atoms with Gasteiger partial charge in [0.15, 0.2) is 0 Å². The van der Waals surface area contributed by atoms with Crippen LogP contribution in [-0.4, -0.2) is 41.2 Å². The summed E-state index contributed by atoms with van der Waals surface area (Å²) >= 11 is 1.55. The summed E-state index contributed by atoms with van der Waals surface area (Å²) in [7, 11) is 1.58. The molecular formula is C19H22N4O3S. The summed E-state index contributed by atoms with van der Waals surface area (Å²) in [6, 6.07) is 11.2. The summed E-state index contributed by atoms with van der Waals surface area (Å²) in [5.41, 5.74) is 0.652. The highest BCUT2D eigenvalue weighted by Crippen LogP contribution is 2.24. The van der Waals surface area contributed by atoms with Crippen LogP contribution in [0.4, 0.5) is 5.69 Å². The molecule has 0 saturated carbocycles. The molecule has 3 rings (SSSR count). The Kier molecular flexibility index (Phi) is 6.56. The first kappa shape index (κ1) is 19.1. The normalized spacial score (nSPS) is 10.9. The molecule has 8 heteroatoms. The second-order valence-corrected chi connectivity index (χ2v) is 6.89. The van der Waals surface area contributed by atoms with E-state index in [1.165, 1.54) is 0 Å².